The number of hydrogen-bond acceptors (Lipinski definition) is 4. The number of phenols is 1. The molecule has 2 N–H and O–H groups in total. The summed E-state index contributed by atoms with van der Waals surface area (Å²) in [6.07, 6.45) is 1.64. The molecule has 2 aromatic rings. The third-order valence-corrected chi connectivity index (χ3v) is 3.57. The number of anilines is 2. The van der Waals surface area contributed by atoms with Crippen molar-refractivity contribution in [3.63, 3.8) is 0 Å². The number of nitrogens with one attached hydrogen (secondary N) is 1. The van der Waals surface area contributed by atoms with Gasteiger partial charge in [-0.25, -0.2) is 0 Å². The molecule has 0 bridgehead atoms. The highest BCUT2D eigenvalue weighted by atomic mass is 16.3. The van der Waals surface area contributed by atoms with Crippen LogP contribution in [-0.4, -0.2) is 15.3 Å². The van der Waals surface area contributed by atoms with Crippen LogP contribution in [0.3, 0.4) is 0 Å². The van der Waals surface area contributed by atoms with E-state index in [0.717, 1.165) is 16.8 Å². The molecular weight excluding hydrogens is 274 g/mol. The van der Waals surface area contributed by atoms with E-state index in [4.69, 9.17) is 0 Å². The fourth-order valence-corrected chi connectivity index (χ4v) is 2.37. The molecule has 0 saturated carbocycles. The summed E-state index contributed by atoms with van der Waals surface area (Å²) in [4.78, 5) is 0. The molecule has 4 heteroatoms. The Bertz CT molecular complexity index is 617. The van der Waals surface area contributed by atoms with Crippen LogP contribution in [0.25, 0.3) is 0 Å². The monoisotopic (exact) mass is 299 g/mol. The second kappa shape index (κ2) is 5.59. The lowest BCUT2D eigenvalue weighted by Crippen LogP contribution is -2.17. The van der Waals surface area contributed by atoms with Gasteiger partial charge in [-0.05, 0) is 35.1 Å². The van der Waals surface area contributed by atoms with Crippen LogP contribution < -0.4 is 5.32 Å². The summed E-state index contributed by atoms with van der Waals surface area (Å²) in [6.45, 7) is 12.6. The van der Waals surface area contributed by atoms with Gasteiger partial charge in [-0.3, -0.25) is 0 Å². The lowest BCUT2D eigenvalue weighted by atomic mass is 9.79. The Hall–Kier alpha value is -2.10. The van der Waals surface area contributed by atoms with Crippen molar-refractivity contribution in [1.29, 1.82) is 0 Å². The lowest BCUT2D eigenvalue weighted by Gasteiger charge is -2.28. The first-order chi connectivity index (χ1) is 10.1. The van der Waals surface area contributed by atoms with Gasteiger partial charge in [-0.15, -0.1) is 5.10 Å². The fraction of sp³-hybridized carbons (Fsp3) is 0.444. The molecule has 4 nitrogen and oxygen atoms in total. The SMILES string of the molecule is CC(C)(C)c1cc(Nc2cccnn2)cc(C(C)(C)C)c1O. The molecule has 0 atom stereocenters. The summed E-state index contributed by atoms with van der Waals surface area (Å²) >= 11 is 0. The largest absolute Gasteiger partial charge is 0.507 e. The van der Waals surface area contributed by atoms with Crippen molar-refractivity contribution in [2.75, 3.05) is 5.32 Å². The summed E-state index contributed by atoms with van der Waals surface area (Å²) in [7, 11) is 0. The molecule has 0 aliphatic rings. The van der Waals surface area contributed by atoms with E-state index in [2.05, 4.69) is 57.1 Å². The topological polar surface area (TPSA) is 58.0 Å². The molecule has 0 saturated heterocycles. The second-order valence-electron chi connectivity index (χ2n) is 7.65. The number of nitrogens with zero attached hydrogens (tertiary/aromatic N) is 2. The number of aromatic nitrogens is 2. The molecule has 0 aliphatic carbocycles. The number of hydrogen-bond donors (Lipinski definition) is 2. The maximum Gasteiger partial charge on any atom is 0.153 e. The van der Waals surface area contributed by atoms with Gasteiger partial charge >= 0.3 is 0 Å². The Kier molecular flexibility index (Phi) is 4.14. The predicted octanol–water partition coefficient (Wildman–Crippen LogP) is 4.52. The minimum atomic E-state index is -0.149. The first-order valence-corrected chi connectivity index (χ1v) is 7.52. The van der Waals surface area contributed by atoms with Crippen LogP contribution >= 0.6 is 0 Å². The van der Waals surface area contributed by atoms with Crippen LogP contribution in [0, 0.1) is 0 Å². The van der Waals surface area contributed by atoms with Gasteiger partial charge in [0.2, 0.25) is 0 Å². The minimum Gasteiger partial charge on any atom is -0.507 e. The molecule has 118 valence electrons. The quantitative estimate of drug-likeness (QED) is 0.800. The zero-order valence-electron chi connectivity index (χ0n) is 14.2. The highest BCUT2D eigenvalue weighted by molar-refractivity contribution is 5.63. The third kappa shape index (κ3) is 3.56. The Balaban J connectivity index is 2.56. The van der Waals surface area contributed by atoms with Crippen LogP contribution in [0.1, 0.15) is 52.7 Å². The molecule has 0 fully saturated rings. The Morgan fingerprint density at radius 3 is 1.91 bits per heavy atom. The zero-order chi connectivity index (χ0) is 16.5. The van der Waals surface area contributed by atoms with E-state index >= 15 is 0 Å². The minimum absolute atomic E-state index is 0.149. The highest BCUT2D eigenvalue weighted by Crippen LogP contribution is 2.41. The molecule has 0 amide bonds. The molecule has 0 unspecified atom stereocenters. The fourth-order valence-electron chi connectivity index (χ4n) is 2.37. The maximum absolute atomic E-state index is 10.7. The molecular formula is C18H25N3O. The van der Waals surface area contributed by atoms with E-state index in [0.29, 0.717) is 11.6 Å². The van der Waals surface area contributed by atoms with Crippen molar-refractivity contribution < 1.29 is 5.11 Å². The van der Waals surface area contributed by atoms with E-state index in [9.17, 15) is 5.11 Å². The van der Waals surface area contributed by atoms with Crippen LogP contribution in [0.4, 0.5) is 11.5 Å². The van der Waals surface area contributed by atoms with Crippen molar-refractivity contribution in [3.8, 4) is 5.75 Å². The number of aromatic hydroxyl groups is 1. The smallest absolute Gasteiger partial charge is 0.153 e. The number of phenolic OH excluding ortho intramolecular Hbond substituents is 1. The zero-order valence-corrected chi connectivity index (χ0v) is 14.2. The van der Waals surface area contributed by atoms with Crippen molar-refractivity contribution in [2.45, 2.75) is 52.4 Å². The number of benzene rings is 1. The van der Waals surface area contributed by atoms with E-state index in [1.165, 1.54) is 0 Å². The van der Waals surface area contributed by atoms with E-state index in [-0.39, 0.29) is 10.8 Å². The Morgan fingerprint density at radius 1 is 0.955 bits per heavy atom. The van der Waals surface area contributed by atoms with Gasteiger partial charge in [0.25, 0.3) is 0 Å². The van der Waals surface area contributed by atoms with Gasteiger partial charge in [0, 0.05) is 23.0 Å². The van der Waals surface area contributed by atoms with Crippen molar-refractivity contribution in [1.82, 2.24) is 10.2 Å². The first kappa shape index (κ1) is 16.3. The third-order valence-electron chi connectivity index (χ3n) is 3.57. The molecule has 1 aromatic carbocycles. The maximum atomic E-state index is 10.7. The summed E-state index contributed by atoms with van der Waals surface area (Å²) in [5.41, 5.74) is 2.46. The van der Waals surface area contributed by atoms with Crippen LogP contribution in [0.15, 0.2) is 30.5 Å². The molecule has 1 aromatic heterocycles. The number of rotatable bonds is 2. The molecule has 22 heavy (non-hydrogen) atoms. The summed E-state index contributed by atoms with van der Waals surface area (Å²) in [5.74, 6) is 1.07. The van der Waals surface area contributed by atoms with Gasteiger partial charge < -0.3 is 10.4 Å². The van der Waals surface area contributed by atoms with Crippen LogP contribution in [0.5, 0.6) is 5.75 Å². The summed E-state index contributed by atoms with van der Waals surface area (Å²) in [6, 6.07) is 7.68. The second-order valence-corrected chi connectivity index (χ2v) is 7.65. The van der Waals surface area contributed by atoms with E-state index in [1.807, 2.05) is 24.3 Å². The molecule has 2 rings (SSSR count). The normalized spacial score (nSPS) is 12.3. The average Bonchev–Trinajstić information content (AvgIpc) is 2.39. The van der Waals surface area contributed by atoms with Gasteiger partial charge in [0.15, 0.2) is 5.82 Å². The van der Waals surface area contributed by atoms with Gasteiger partial charge in [0.05, 0.1) is 0 Å². The summed E-state index contributed by atoms with van der Waals surface area (Å²) < 4.78 is 0. The molecule has 1 heterocycles. The summed E-state index contributed by atoms with van der Waals surface area (Å²) in [5, 5.41) is 21.9. The first-order valence-electron chi connectivity index (χ1n) is 7.52. The van der Waals surface area contributed by atoms with E-state index in [1.54, 1.807) is 6.20 Å². The predicted molar refractivity (Wildman–Crippen MR) is 90.8 cm³/mol. The van der Waals surface area contributed by atoms with Crippen LogP contribution in [-0.2, 0) is 10.8 Å². The molecule has 0 aliphatic heterocycles. The lowest BCUT2D eigenvalue weighted by molar-refractivity contribution is 0.423. The molecule has 0 spiro atoms. The van der Waals surface area contributed by atoms with Crippen molar-refractivity contribution in [2.24, 2.45) is 0 Å². The standard InChI is InChI=1S/C18H25N3O/c1-17(2,3)13-10-12(20-15-8-7-9-19-21-15)11-14(16(13)22)18(4,5)6/h7-11,22H,1-6H3,(H,20,21). The van der Waals surface area contributed by atoms with Crippen LogP contribution in [0.2, 0.25) is 0 Å². The Labute approximate surface area is 132 Å². The van der Waals surface area contributed by atoms with Crippen molar-refractivity contribution in [3.05, 3.63) is 41.6 Å². The average molecular weight is 299 g/mol. The Morgan fingerprint density at radius 2 is 1.50 bits per heavy atom. The van der Waals surface area contributed by atoms with E-state index < -0.39 is 0 Å². The van der Waals surface area contributed by atoms with Gasteiger partial charge in [-0.2, -0.15) is 5.10 Å². The highest BCUT2D eigenvalue weighted by Gasteiger charge is 2.26. The molecule has 0 radical (unpaired) electrons. The van der Waals surface area contributed by atoms with Gasteiger partial charge in [-0.1, -0.05) is 41.5 Å². The van der Waals surface area contributed by atoms with Gasteiger partial charge in [0.1, 0.15) is 5.75 Å². The van der Waals surface area contributed by atoms with Crippen molar-refractivity contribution >= 4 is 11.5 Å².